The van der Waals surface area contributed by atoms with Crippen LogP contribution in [0.25, 0.3) is 0 Å². The van der Waals surface area contributed by atoms with E-state index in [9.17, 15) is 0 Å². The van der Waals surface area contributed by atoms with Crippen molar-refractivity contribution in [1.82, 2.24) is 15.1 Å². The molecule has 0 aromatic carbocycles. The van der Waals surface area contributed by atoms with Crippen LogP contribution in [0.2, 0.25) is 0 Å². The molecule has 0 aliphatic carbocycles. The molecule has 3 heteroatoms. The number of likely N-dealkylation sites (N-methyl/N-ethyl adjacent to an activating group) is 1. The van der Waals surface area contributed by atoms with E-state index in [0.29, 0.717) is 0 Å². The first-order valence-electron chi connectivity index (χ1n) is 8.24. The summed E-state index contributed by atoms with van der Waals surface area (Å²) in [4.78, 5) is 5.05. The maximum atomic E-state index is 3.48. The van der Waals surface area contributed by atoms with E-state index in [1.54, 1.807) is 0 Å². The minimum Gasteiger partial charge on any atom is -0.317 e. The van der Waals surface area contributed by atoms with Gasteiger partial charge in [-0.3, -0.25) is 0 Å². The van der Waals surface area contributed by atoms with Gasteiger partial charge in [-0.15, -0.1) is 0 Å². The molecule has 2 atom stereocenters. The van der Waals surface area contributed by atoms with Gasteiger partial charge < -0.3 is 15.1 Å². The average Bonchev–Trinajstić information content (AvgIpc) is 2.74. The van der Waals surface area contributed by atoms with E-state index >= 15 is 0 Å². The molecular weight excluding hydrogens is 234 g/mol. The Morgan fingerprint density at radius 1 is 1.05 bits per heavy atom. The quantitative estimate of drug-likeness (QED) is 0.615. The third-order valence-corrected chi connectivity index (χ3v) is 4.32. The van der Waals surface area contributed by atoms with E-state index < -0.39 is 0 Å². The highest BCUT2D eigenvalue weighted by Gasteiger charge is 2.30. The summed E-state index contributed by atoms with van der Waals surface area (Å²) in [7, 11) is 4.43. The van der Waals surface area contributed by atoms with Crippen molar-refractivity contribution >= 4 is 0 Å². The molecule has 0 saturated carbocycles. The molecule has 1 heterocycles. The van der Waals surface area contributed by atoms with Gasteiger partial charge in [0.2, 0.25) is 0 Å². The molecule has 1 rings (SSSR count). The second kappa shape index (κ2) is 9.73. The Morgan fingerprint density at radius 3 is 2.42 bits per heavy atom. The van der Waals surface area contributed by atoms with Gasteiger partial charge >= 0.3 is 0 Å². The maximum absolute atomic E-state index is 3.48. The summed E-state index contributed by atoms with van der Waals surface area (Å²) in [6.45, 7) is 10.9. The van der Waals surface area contributed by atoms with Crippen LogP contribution in [0.3, 0.4) is 0 Å². The number of nitrogens with one attached hydrogen (secondary N) is 1. The van der Waals surface area contributed by atoms with Crippen molar-refractivity contribution in [2.45, 2.75) is 52.0 Å². The van der Waals surface area contributed by atoms with Crippen molar-refractivity contribution in [3.8, 4) is 0 Å². The highest BCUT2D eigenvalue weighted by atomic mass is 15.2. The third-order valence-electron chi connectivity index (χ3n) is 4.32. The molecule has 2 unspecified atom stereocenters. The Hall–Kier alpha value is -0.120. The Kier molecular flexibility index (Phi) is 8.67. The molecule has 0 spiro atoms. The van der Waals surface area contributed by atoms with Crippen LogP contribution >= 0.6 is 0 Å². The molecule has 1 aliphatic rings. The minimum atomic E-state index is 0.762. The monoisotopic (exact) mass is 269 g/mol. The Balaban J connectivity index is 1.96. The number of rotatable bonds is 10. The molecule has 1 N–H and O–H groups in total. The van der Waals surface area contributed by atoms with Crippen molar-refractivity contribution in [2.24, 2.45) is 5.92 Å². The van der Waals surface area contributed by atoms with Crippen molar-refractivity contribution in [3.63, 3.8) is 0 Å². The molecule has 1 fully saturated rings. The summed E-state index contributed by atoms with van der Waals surface area (Å²) in [5.41, 5.74) is 0. The summed E-state index contributed by atoms with van der Waals surface area (Å²) in [6, 6.07) is 0.762. The number of likely N-dealkylation sites (tertiary alicyclic amines) is 1. The van der Waals surface area contributed by atoms with Gasteiger partial charge in [0, 0.05) is 19.1 Å². The van der Waals surface area contributed by atoms with Gasteiger partial charge in [0.1, 0.15) is 0 Å². The summed E-state index contributed by atoms with van der Waals surface area (Å²) in [6.07, 6.45) is 6.75. The molecule has 114 valence electrons. The fourth-order valence-corrected chi connectivity index (χ4v) is 3.14. The predicted molar refractivity (Wildman–Crippen MR) is 84.7 cm³/mol. The first kappa shape index (κ1) is 16.9. The lowest BCUT2D eigenvalue weighted by atomic mass is 10.1. The van der Waals surface area contributed by atoms with E-state index in [2.05, 4.69) is 43.1 Å². The zero-order valence-corrected chi connectivity index (χ0v) is 13.6. The van der Waals surface area contributed by atoms with Gasteiger partial charge in [0.25, 0.3) is 0 Å². The first-order valence-corrected chi connectivity index (χ1v) is 8.24. The van der Waals surface area contributed by atoms with E-state index in [1.165, 1.54) is 64.8 Å². The Morgan fingerprint density at radius 2 is 1.79 bits per heavy atom. The fraction of sp³-hybridized carbons (Fsp3) is 1.00. The number of unbranched alkanes of at least 4 members (excludes halogenated alkanes) is 3. The van der Waals surface area contributed by atoms with Crippen molar-refractivity contribution in [2.75, 3.05) is 46.8 Å². The number of hydrogen-bond acceptors (Lipinski definition) is 3. The van der Waals surface area contributed by atoms with E-state index in [4.69, 9.17) is 0 Å². The van der Waals surface area contributed by atoms with E-state index in [0.717, 1.165) is 12.0 Å². The van der Waals surface area contributed by atoms with Gasteiger partial charge in [-0.05, 0) is 58.9 Å². The second-order valence-electron chi connectivity index (χ2n) is 6.43. The van der Waals surface area contributed by atoms with Crippen LogP contribution in [0.15, 0.2) is 0 Å². The van der Waals surface area contributed by atoms with E-state index in [1.807, 2.05) is 0 Å². The molecular formula is C16H35N3. The summed E-state index contributed by atoms with van der Waals surface area (Å²) in [5.74, 6) is 0.827. The van der Waals surface area contributed by atoms with Gasteiger partial charge in [0.05, 0.1) is 0 Å². The molecule has 1 aliphatic heterocycles. The van der Waals surface area contributed by atoms with Crippen LogP contribution in [-0.4, -0.2) is 62.7 Å². The lowest BCUT2D eigenvalue weighted by Gasteiger charge is -2.22. The SMILES string of the molecule is CCCNCCCCCCN1CC(C)C(N(C)C)C1. The summed E-state index contributed by atoms with van der Waals surface area (Å²) >= 11 is 0. The zero-order chi connectivity index (χ0) is 14.1. The fourth-order valence-electron chi connectivity index (χ4n) is 3.14. The number of hydrogen-bond donors (Lipinski definition) is 1. The standard InChI is InChI=1S/C16H35N3/c1-5-10-17-11-8-6-7-9-12-19-13-15(2)16(14-19)18(3)4/h15-17H,5-14H2,1-4H3. The molecule has 0 aromatic rings. The predicted octanol–water partition coefficient (Wildman–Crippen LogP) is 2.43. The molecule has 1 saturated heterocycles. The molecule has 0 bridgehead atoms. The van der Waals surface area contributed by atoms with E-state index in [-0.39, 0.29) is 0 Å². The lowest BCUT2D eigenvalue weighted by molar-refractivity contribution is 0.251. The van der Waals surface area contributed by atoms with Crippen LogP contribution < -0.4 is 5.32 Å². The van der Waals surface area contributed by atoms with Crippen LogP contribution in [-0.2, 0) is 0 Å². The van der Waals surface area contributed by atoms with Crippen LogP contribution in [0, 0.1) is 5.92 Å². The largest absolute Gasteiger partial charge is 0.317 e. The van der Waals surface area contributed by atoms with Crippen LogP contribution in [0.5, 0.6) is 0 Å². The van der Waals surface area contributed by atoms with Crippen LogP contribution in [0.4, 0.5) is 0 Å². The second-order valence-corrected chi connectivity index (χ2v) is 6.43. The third kappa shape index (κ3) is 6.73. The highest BCUT2D eigenvalue weighted by molar-refractivity contribution is 4.86. The van der Waals surface area contributed by atoms with Gasteiger partial charge in [-0.25, -0.2) is 0 Å². The van der Waals surface area contributed by atoms with Crippen molar-refractivity contribution < 1.29 is 0 Å². The lowest BCUT2D eigenvalue weighted by Crippen LogP contribution is -2.34. The van der Waals surface area contributed by atoms with Gasteiger partial charge in [0.15, 0.2) is 0 Å². The molecule has 0 radical (unpaired) electrons. The Labute approximate surface area is 120 Å². The summed E-state index contributed by atoms with van der Waals surface area (Å²) in [5, 5.41) is 3.48. The average molecular weight is 269 g/mol. The molecule has 0 amide bonds. The summed E-state index contributed by atoms with van der Waals surface area (Å²) < 4.78 is 0. The van der Waals surface area contributed by atoms with Crippen molar-refractivity contribution in [1.29, 1.82) is 0 Å². The van der Waals surface area contributed by atoms with Gasteiger partial charge in [-0.1, -0.05) is 26.7 Å². The Bertz CT molecular complexity index is 218. The zero-order valence-electron chi connectivity index (χ0n) is 13.6. The highest BCUT2D eigenvalue weighted by Crippen LogP contribution is 2.20. The normalized spacial score (nSPS) is 24.5. The molecule has 19 heavy (non-hydrogen) atoms. The van der Waals surface area contributed by atoms with Crippen molar-refractivity contribution in [3.05, 3.63) is 0 Å². The first-order chi connectivity index (χ1) is 9.15. The minimum absolute atomic E-state index is 0.762. The smallest absolute Gasteiger partial charge is 0.0254 e. The van der Waals surface area contributed by atoms with Crippen LogP contribution in [0.1, 0.15) is 46.0 Å². The van der Waals surface area contributed by atoms with Gasteiger partial charge in [-0.2, -0.15) is 0 Å². The molecule has 3 nitrogen and oxygen atoms in total. The maximum Gasteiger partial charge on any atom is 0.0254 e. The molecule has 0 aromatic heterocycles. The topological polar surface area (TPSA) is 18.5 Å². The number of nitrogens with zero attached hydrogens (tertiary/aromatic N) is 2.